The number of nitrogens with one attached hydrogen (secondary N) is 1. The zero-order valence-electron chi connectivity index (χ0n) is 11.9. The van der Waals surface area contributed by atoms with Crippen LogP contribution < -0.4 is 5.32 Å². The molecule has 0 rings (SSSR count). The van der Waals surface area contributed by atoms with Gasteiger partial charge in [-0.05, 0) is 25.7 Å². The SMILES string of the molecule is CCCCC(CC)C(=O)NCC(O)(CC)CC. The van der Waals surface area contributed by atoms with E-state index in [0.29, 0.717) is 19.4 Å². The predicted octanol–water partition coefficient (Wildman–Crippen LogP) is 2.87. The third-order valence-electron chi connectivity index (χ3n) is 3.68. The van der Waals surface area contributed by atoms with Gasteiger partial charge >= 0.3 is 0 Å². The van der Waals surface area contributed by atoms with Crippen LogP contribution in [0.1, 0.15) is 66.2 Å². The molecule has 3 nitrogen and oxygen atoms in total. The molecule has 0 bridgehead atoms. The van der Waals surface area contributed by atoms with E-state index in [-0.39, 0.29) is 11.8 Å². The fourth-order valence-electron chi connectivity index (χ4n) is 1.87. The molecule has 0 spiro atoms. The first kappa shape index (κ1) is 16.4. The molecular weight excluding hydrogens is 214 g/mol. The van der Waals surface area contributed by atoms with E-state index in [1.165, 1.54) is 0 Å². The molecule has 0 aromatic carbocycles. The Labute approximate surface area is 106 Å². The largest absolute Gasteiger partial charge is 0.388 e. The number of hydrogen-bond donors (Lipinski definition) is 2. The molecule has 0 radical (unpaired) electrons. The number of amides is 1. The summed E-state index contributed by atoms with van der Waals surface area (Å²) in [6, 6.07) is 0. The van der Waals surface area contributed by atoms with Crippen molar-refractivity contribution in [2.45, 2.75) is 71.8 Å². The predicted molar refractivity (Wildman–Crippen MR) is 71.8 cm³/mol. The fraction of sp³-hybridized carbons (Fsp3) is 0.929. The third kappa shape index (κ3) is 6.06. The number of carbonyl (C=O) groups excluding carboxylic acids is 1. The van der Waals surface area contributed by atoms with Gasteiger partial charge in [-0.1, -0.05) is 40.5 Å². The van der Waals surface area contributed by atoms with E-state index in [4.69, 9.17) is 0 Å². The van der Waals surface area contributed by atoms with Crippen molar-refractivity contribution in [3.63, 3.8) is 0 Å². The molecule has 1 unspecified atom stereocenters. The smallest absolute Gasteiger partial charge is 0.223 e. The van der Waals surface area contributed by atoms with Crippen LogP contribution in [-0.4, -0.2) is 23.2 Å². The van der Waals surface area contributed by atoms with Gasteiger partial charge in [-0.25, -0.2) is 0 Å². The van der Waals surface area contributed by atoms with Gasteiger partial charge in [0.1, 0.15) is 0 Å². The monoisotopic (exact) mass is 243 g/mol. The van der Waals surface area contributed by atoms with Crippen LogP contribution in [0.5, 0.6) is 0 Å². The second-order valence-electron chi connectivity index (χ2n) is 4.90. The van der Waals surface area contributed by atoms with Gasteiger partial charge in [0.15, 0.2) is 0 Å². The van der Waals surface area contributed by atoms with Crippen molar-refractivity contribution in [2.24, 2.45) is 5.92 Å². The Morgan fingerprint density at radius 2 is 1.82 bits per heavy atom. The van der Waals surface area contributed by atoms with Crippen LogP contribution in [0.15, 0.2) is 0 Å². The van der Waals surface area contributed by atoms with Gasteiger partial charge in [0.2, 0.25) is 5.91 Å². The minimum absolute atomic E-state index is 0.0984. The molecule has 0 aromatic heterocycles. The van der Waals surface area contributed by atoms with Crippen LogP contribution >= 0.6 is 0 Å². The summed E-state index contributed by atoms with van der Waals surface area (Å²) < 4.78 is 0. The maximum atomic E-state index is 11.9. The zero-order valence-corrected chi connectivity index (χ0v) is 11.9. The molecule has 0 fully saturated rings. The van der Waals surface area contributed by atoms with Crippen molar-refractivity contribution in [1.82, 2.24) is 5.32 Å². The van der Waals surface area contributed by atoms with Crippen molar-refractivity contribution < 1.29 is 9.90 Å². The number of carbonyl (C=O) groups is 1. The zero-order chi connectivity index (χ0) is 13.3. The quantitative estimate of drug-likeness (QED) is 0.654. The summed E-state index contributed by atoms with van der Waals surface area (Å²) in [7, 11) is 0. The van der Waals surface area contributed by atoms with Crippen LogP contribution in [-0.2, 0) is 4.79 Å². The Morgan fingerprint density at radius 1 is 1.24 bits per heavy atom. The minimum Gasteiger partial charge on any atom is -0.388 e. The molecule has 2 N–H and O–H groups in total. The van der Waals surface area contributed by atoms with Gasteiger partial charge in [0.05, 0.1) is 5.60 Å². The summed E-state index contributed by atoms with van der Waals surface area (Å²) in [5.41, 5.74) is -0.737. The van der Waals surface area contributed by atoms with E-state index in [0.717, 1.165) is 25.7 Å². The fourth-order valence-corrected chi connectivity index (χ4v) is 1.87. The standard InChI is InChI=1S/C14H29NO2/c1-5-9-10-12(6-2)13(16)15-11-14(17,7-3)8-4/h12,17H,5-11H2,1-4H3,(H,15,16). The topological polar surface area (TPSA) is 49.3 Å². The van der Waals surface area contributed by atoms with E-state index in [1.807, 2.05) is 20.8 Å². The maximum absolute atomic E-state index is 11.9. The molecule has 0 saturated heterocycles. The lowest BCUT2D eigenvalue weighted by atomic mass is 9.95. The van der Waals surface area contributed by atoms with Crippen molar-refractivity contribution in [3.05, 3.63) is 0 Å². The highest BCUT2D eigenvalue weighted by Crippen LogP contribution is 2.15. The number of hydrogen-bond acceptors (Lipinski definition) is 2. The summed E-state index contributed by atoms with van der Waals surface area (Å²) in [5, 5.41) is 13.0. The van der Waals surface area contributed by atoms with E-state index in [9.17, 15) is 9.90 Å². The molecule has 17 heavy (non-hydrogen) atoms. The molecule has 3 heteroatoms. The summed E-state index contributed by atoms with van der Waals surface area (Å²) in [6.07, 6.45) is 5.40. The molecule has 102 valence electrons. The second kappa shape index (κ2) is 8.51. The Kier molecular flexibility index (Phi) is 8.23. The highest BCUT2D eigenvalue weighted by Gasteiger charge is 2.24. The molecule has 0 aromatic rings. The Hall–Kier alpha value is -0.570. The lowest BCUT2D eigenvalue weighted by Crippen LogP contribution is -2.44. The van der Waals surface area contributed by atoms with Crippen LogP contribution in [0.25, 0.3) is 0 Å². The number of aliphatic hydroxyl groups is 1. The Bertz CT molecular complexity index is 212. The van der Waals surface area contributed by atoms with Crippen LogP contribution in [0.2, 0.25) is 0 Å². The summed E-state index contributed by atoms with van der Waals surface area (Å²) in [5.74, 6) is 0.203. The molecule has 0 saturated carbocycles. The molecule has 0 aliphatic carbocycles. The van der Waals surface area contributed by atoms with E-state index >= 15 is 0 Å². The van der Waals surface area contributed by atoms with Gasteiger partial charge in [-0.2, -0.15) is 0 Å². The molecule has 1 atom stereocenters. The normalized spacial score (nSPS) is 13.5. The first-order chi connectivity index (χ1) is 8.02. The van der Waals surface area contributed by atoms with Crippen molar-refractivity contribution in [3.8, 4) is 0 Å². The number of unbranched alkanes of at least 4 members (excludes halogenated alkanes) is 1. The molecule has 1 amide bonds. The van der Waals surface area contributed by atoms with Crippen molar-refractivity contribution in [2.75, 3.05) is 6.54 Å². The third-order valence-corrected chi connectivity index (χ3v) is 3.68. The van der Waals surface area contributed by atoms with E-state index in [1.54, 1.807) is 0 Å². The van der Waals surface area contributed by atoms with Gasteiger partial charge in [-0.15, -0.1) is 0 Å². The van der Waals surface area contributed by atoms with Crippen molar-refractivity contribution in [1.29, 1.82) is 0 Å². The first-order valence-corrected chi connectivity index (χ1v) is 7.03. The minimum atomic E-state index is -0.737. The number of rotatable bonds is 9. The lowest BCUT2D eigenvalue weighted by molar-refractivity contribution is -0.126. The maximum Gasteiger partial charge on any atom is 0.223 e. The van der Waals surface area contributed by atoms with Gasteiger partial charge < -0.3 is 10.4 Å². The molecule has 0 heterocycles. The lowest BCUT2D eigenvalue weighted by Gasteiger charge is -2.26. The molecular formula is C14H29NO2. The van der Waals surface area contributed by atoms with E-state index < -0.39 is 5.60 Å². The second-order valence-corrected chi connectivity index (χ2v) is 4.90. The summed E-state index contributed by atoms with van der Waals surface area (Å²) >= 11 is 0. The Morgan fingerprint density at radius 3 is 2.24 bits per heavy atom. The van der Waals surface area contributed by atoms with Crippen LogP contribution in [0.3, 0.4) is 0 Å². The van der Waals surface area contributed by atoms with Gasteiger partial charge in [0.25, 0.3) is 0 Å². The van der Waals surface area contributed by atoms with Gasteiger partial charge in [-0.3, -0.25) is 4.79 Å². The summed E-state index contributed by atoms with van der Waals surface area (Å²) in [4.78, 5) is 11.9. The Balaban J connectivity index is 4.13. The van der Waals surface area contributed by atoms with Crippen molar-refractivity contribution >= 4 is 5.91 Å². The van der Waals surface area contributed by atoms with Gasteiger partial charge in [0, 0.05) is 12.5 Å². The first-order valence-electron chi connectivity index (χ1n) is 7.03. The highest BCUT2D eigenvalue weighted by molar-refractivity contribution is 5.78. The molecule has 0 aliphatic heterocycles. The highest BCUT2D eigenvalue weighted by atomic mass is 16.3. The van der Waals surface area contributed by atoms with Crippen LogP contribution in [0, 0.1) is 5.92 Å². The molecule has 0 aliphatic rings. The van der Waals surface area contributed by atoms with E-state index in [2.05, 4.69) is 12.2 Å². The van der Waals surface area contributed by atoms with Crippen LogP contribution in [0.4, 0.5) is 0 Å². The summed E-state index contributed by atoms with van der Waals surface area (Å²) in [6.45, 7) is 8.46. The average molecular weight is 243 g/mol. The average Bonchev–Trinajstić information content (AvgIpc) is 2.36.